The number of fused-ring (bicyclic) bond motifs is 1. The smallest absolute Gasteiger partial charge is 0.325 e. The highest BCUT2D eigenvalue weighted by atomic mass is 16.5. The first-order chi connectivity index (χ1) is 15.6. The van der Waals surface area contributed by atoms with E-state index in [1.165, 1.54) is 0 Å². The minimum absolute atomic E-state index is 0.0611. The Bertz CT molecular complexity index is 1290. The minimum Gasteiger partial charge on any atom is -0.496 e. The van der Waals surface area contributed by atoms with Crippen molar-refractivity contribution >= 4 is 16.7 Å². The molecule has 2 atom stereocenters. The van der Waals surface area contributed by atoms with Gasteiger partial charge in [-0.05, 0) is 28.0 Å². The molecular weight excluding hydrogens is 398 g/mol. The molecule has 4 heteroatoms. The standard InChI is InChI=1S/C28H23NO3/c1-32-25-17-8-7-15-24(25)26(23-16-9-13-21-12-5-6-14-22(21)23)28(19-29,27(30)31)18-20-10-3-2-4-11-20/h2-17,26H,18H2,1H3,(H,30,31). The zero-order valence-electron chi connectivity index (χ0n) is 17.7. The first-order valence-electron chi connectivity index (χ1n) is 10.4. The lowest BCUT2D eigenvalue weighted by atomic mass is 9.65. The molecule has 4 aromatic carbocycles. The largest absolute Gasteiger partial charge is 0.496 e. The average Bonchev–Trinajstić information content (AvgIpc) is 2.84. The number of carboxylic acids is 1. The van der Waals surface area contributed by atoms with Crippen LogP contribution in [0.2, 0.25) is 0 Å². The number of rotatable bonds is 7. The number of nitriles is 1. The Kier molecular flexibility index (Phi) is 5.91. The summed E-state index contributed by atoms with van der Waals surface area (Å²) in [6, 6.07) is 32.5. The molecule has 4 aromatic rings. The Labute approximate surface area is 187 Å². The Morgan fingerprint density at radius 1 is 0.906 bits per heavy atom. The van der Waals surface area contributed by atoms with Crippen LogP contribution in [-0.4, -0.2) is 18.2 Å². The molecule has 0 aliphatic rings. The number of ether oxygens (including phenoxy) is 1. The van der Waals surface area contributed by atoms with Crippen molar-refractivity contribution in [3.05, 3.63) is 114 Å². The maximum atomic E-state index is 12.9. The van der Waals surface area contributed by atoms with Crippen LogP contribution in [0.25, 0.3) is 10.8 Å². The molecule has 0 saturated heterocycles. The predicted molar refractivity (Wildman–Crippen MR) is 125 cm³/mol. The number of aliphatic carboxylic acids is 1. The molecule has 0 bridgehead atoms. The summed E-state index contributed by atoms with van der Waals surface area (Å²) in [5, 5.41) is 22.9. The van der Waals surface area contributed by atoms with Crippen LogP contribution >= 0.6 is 0 Å². The maximum absolute atomic E-state index is 12.9. The quantitative estimate of drug-likeness (QED) is 0.408. The van der Waals surface area contributed by atoms with Gasteiger partial charge >= 0.3 is 5.97 Å². The van der Waals surface area contributed by atoms with Gasteiger partial charge in [-0.3, -0.25) is 4.79 Å². The van der Waals surface area contributed by atoms with E-state index in [1.54, 1.807) is 13.2 Å². The molecule has 4 rings (SSSR count). The van der Waals surface area contributed by atoms with E-state index in [2.05, 4.69) is 6.07 Å². The Morgan fingerprint density at radius 3 is 2.25 bits per heavy atom. The van der Waals surface area contributed by atoms with Gasteiger partial charge in [0.1, 0.15) is 5.75 Å². The Hall–Kier alpha value is -4.10. The molecule has 4 nitrogen and oxygen atoms in total. The van der Waals surface area contributed by atoms with E-state index in [0.717, 1.165) is 21.9 Å². The molecule has 1 N–H and O–H groups in total. The van der Waals surface area contributed by atoms with Crippen LogP contribution in [0.4, 0.5) is 0 Å². The number of methoxy groups -OCH3 is 1. The second kappa shape index (κ2) is 8.95. The molecule has 0 radical (unpaired) electrons. The van der Waals surface area contributed by atoms with Gasteiger partial charge in [0.25, 0.3) is 0 Å². The van der Waals surface area contributed by atoms with Gasteiger partial charge < -0.3 is 9.84 Å². The lowest BCUT2D eigenvalue weighted by Crippen LogP contribution is -2.39. The molecule has 158 valence electrons. The maximum Gasteiger partial charge on any atom is 0.325 e. The second-order valence-corrected chi connectivity index (χ2v) is 7.79. The Morgan fingerprint density at radius 2 is 1.53 bits per heavy atom. The number of benzene rings is 4. The zero-order chi connectivity index (χ0) is 22.6. The highest BCUT2D eigenvalue weighted by Crippen LogP contribution is 2.48. The third-order valence-electron chi connectivity index (χ3n) is 5.98. The number of hydrogen-bond donors (Lipinski definition) is 1. The van der Waals surface area contributed by atoms with Crippen molar-refractivity contribution in [2.24, 2.45) is 5.41 Å². The van der Waals surface area contributed by atoms with Crippen LogP contribution in [0.1, 0.15) is 22.6 Å². The van der Waals surface area contributed by atoms with Crippen LogP contribution < -0.4 is 4.74 Å². The first kappa shape index (κ1) is 21.1. The number of carboxylic acid groups (broad SMARTS) is 1. The molecule has 0 saturated carbocycles. The van der Waals surface area contributed by atoms with E-state index in [1.807, 2.05) is 91.0 Å². The van der Waals surface area contributed by atoms with E-state index in [9.17, 15) is 15.2 Å². The van der Waals surface area contributed by atoms with Crippen LogP contribution in [0.3, 0.4) is 0 Å². The summed E-state index contributed by atoms with van der Waals surface area (Å²) < 4.78 is 5.63. The van der Waals surface area contributed by atoms with Gasteiger partial charge in [0.05, 0.1) is 13.2 Å². The van der Waals surface area contributed by atoms with E-state index in [4.69, 9.17) is 4.74 Å². The number of nitrogens with zero attached hydrogens (tertiary/aromatic N) is 1. The second-order valence-electron chi connectivity index (χ2n) is 7.79. The van der Waals surface area contributed by atoms with Crippen LogP contribution in [0, 0.1) is 16.7 Å². The van der Waals surface area contributed by atoms with Crippen molar-refractivity contribution in [3.63, 3.8) is 0 Å². The summed E-state index contributed by atoms with van der Waals surface area (Å²) in [6.07, 6.45) is 0.0611. The topological polar surface area (TPSA) is 70.3 Å². The van der Waals surface area contributed by atoms with Crippen LogP contribution in [-0.2, 0) is 11.2 Å². The molecule has 0 amide bonds. The van der Waals surface area contributed by atoms with Crippen molar-refractivity contribution in [2.75, 3.05) is 7.11 Å². The van der Waals surface area contributed by atoms with Gasteiger partial charge in [-0.1, -0.05) is 91.0 Å². The van der Waals surface area contributed by atoms with Gasteiger partial charge in [-0.2, -0.15) is 5.26 Å². The minimum atomic E-state index is -1.75. The molecular formula is C28H23NO3. The molecule has 32 heavy (non-hydrogen) atoms. The van der Waals surface area contributed by atoms with Crippen molar-refractivity contribution in [2.45, 2.75) is 12.3 Å². The molecule has 0 heterocycles. The summed E-state index contributed by atoms with van der Waals surface area (Å²) in [7, 11) is 1.56. The lowest BCUT2D eigenvalue weighted by Gasteiger charge is -2.34. The van der Waals surface area contributed by atoms with E-state index in [0.29, 0.717) is 11.3 Å². The number of para-hydroxylation sites is 1. The van der Waals surface area contributed by atoms with Gasteiger partial charge in [-0.25, -0.2) is 0 Å². The zero-order valence-corrected chi connectivity index (χ0v) is 17.7. The van der Waals surface area contributed by atoms with Crippen molar-refractivity contribution in [1.82, 2.24) is 0 Å². The predicted octanol–water partition coefficient (Wildman–Crippen LogP) is 5.82. The first-order valence-corrected chi connectivity index (χ1v) is 10.4. The van der Waals surface area contributed by atoms with Gasteiger partial charge in [0, 0.05) is 17.9 Å². The fraction of sp³-hybridized carbons (Fsp3) is 0.143. The summed E-state index contributed by atoms with van der Waals surface area (Å²) in [5.74, 6) is -1.36. The van der Waals surface area contributed by atoms with Crippen molar-refractivity contribution in [3.8, 4) is 11.8 Å². The highest BCUT2D eigenvalue weighted by Gasteiger charge is 2.49. The Balaban J connectivity index is 2.06. The molecule has 0 fully saturated rings. The van der Waals surface area contributed by atoms with Crippen LogP contribution in [0.5, 0.6) is 5.75 Å². The molecule has 0 aliphatic heterocycles. The van der Waals surface area contributed by atoms with Crippen molar-refractivity contribution in [1.29, 1.82) is 5.26 Å². The van der Waals surface area contributed by atoms with Gasteiger partial charge in [-0.15, -0.1) is 0 Å². The SMILES string of the molecule is COc1ccccc1C(c1cccc2ccccc12)C(C#N)(Cc1ccccc1)C(=O)O. The molecule has 0 aliphatic carbocycles. The fourth-order valence-corrected chi connectivity index (χ4v) is 4.48. The van der Waals surface area contributed by atoms with E-state index < -0.39 is 17.3 Å². The van der Waals surface area contributed by atoms with E-state index >= 15 is 0 Å². The monoisotopic (exact) mass is 421 g/mol. The lowest BCUT2D eigenvalue weighted by molar-refractivity contribution is -0.146. The number of hydrogen-bond acceptors (Lipinski definition) is 3. The van der Waals surface area contributed by atoms with Crippen LogP contribution in [0.15, 0.2) is 97.1 Å². The third-order valence-corrected chi connectivity index (χ3v) is 5.98. The van der Waals surface area contributed by atoms with Crippen molar-refractivity contribution < 1.29 is 14.6 Å². The molecule has 0 spiro atoms. The molecule has 2 unspecified atom stereocenters. The third kappa shape index (κ3) is 3.70. The summed E-state index contributed by atoms with van der Waals surface area (Å²) in [4.78, 5) is 12.9. The normalized spacial score (nSPS) is 13.6. The fourth-order valence-electron chi connectivity index (χ4n) is 4.48. The highest BCUT2D eigenvalue weighted by molar-refractivity contribution is 5.89. The van der Waals surface area contributed by atoms with Gasteiger partial charge in [0.15, 0.2) is 5.41 Å². The molecule has 0 aromatic heterocycles. The van der Waals surface area contributed by atoms with E-state index in [-0.39, 0.29) is 6.42 Å². The number of carbonyl (C=O) groups is 1. The summed E-state index contributed by atoms with van der Waals surface area (Å²) >= 11 is 0. The summed E-state index contributed by atoms with van der Waals surface area (Å²) in [6.45, 7) is 0. The van der Waals surface area contributed by atoms with Gasteiger partial charge in [0.2, 0.25) is 0 Å². The average molecular weight is 421 g/mol. The summed E-state index contributed by atoms with van der Waals surface area (Å²) in [5.41, 5.74) is 0.496.